The first-order valence-electron chi connectivity index (χ1n) is 13.6. The normalized spacial score (nSPS) is 15.2. The Morgan fingerprint density at radius 3 is 1.37 bits per heavy atom. The number of rotatable bonds is 12. The van der Waals surface area contributed by atoms with Crippen LogP contribution in [0, 0.1) is 17.8 Å². The van der Waals surface area contributed by atoms with E-state index in [0.29, 0.717) is 37.2 Å². The lowest BCUT2D eigenvalue weighted by Crippen LogP contribution is -2.08. The maximum atomic E-state index is 10.9. The van der Waals surface area contributed by atoms with Gasteiger partial charge in [-0.2, -0.15) is 0 Å². The number of hydrogen-bond acceptors (Lipinski definition) is 9. The molecule has 3 atom stereocenters. The summed E-state index contributed by atoms with van der Waals surface area (Å²) in [6.07, 6.45) is 6.84. The number of aldehydes is 3. The first kappa shape index (κ1) is 31.4. The SMILES string of the molecule is CC(=O)OC=C(C)Cc1cc2c(cc1CC(C)C=O)OCO2.CC(C=O)Cc1cc2c(cc1CC(C)C=O)OCO2. The van der Waals surface area contributed by atoms with Crippen LogP contribution in [0.3, 0.4) is 0 Å². The topological polar surface area (TPSA) is 114 Å². The van der Waals surface area contributed by atoms with Crippen molar-refractivity contribution in [3.8, 4) is 23.0 Å². The lowest BCUT2D eigenvalue weighted by atomic mass is 9.92. The number of carbonyl (C=O) groups is 4. The molecule has 2 aliphatic heterocycles. The Morgan fingerprint density at radius 2 is 1.02 bits per heavy atom. The van der Waals surface area contributed by atoms with Crippen LogP contribution in [0.1, 0.15) is 56.9 Å². The van der Waals surface area contributed by atoms with Gasteiger partial charge in [0.2, 0.25) is 13.6 Å². The standard InChI is InChI=1S/C17H20O5.C15H18O4/c1-11(8-18)4-14-6-16-17(22-10-21-16)7-15(14)5-12(2)9-20-13(3)19;1-10(7-16)3-12-5-14-15(19-9-18-14)6-13(12)4-11(2)8-17/h6-9,11H,4-5,10H2,1-3H3;5-8,10-11H,3-4,9H2,1-2H3. The van der Waals surface area contributed by atoms with E-state index >= 15 is 0 Å². The van der Waals surface area contributed by atoms with E-state index in [-0.39, 0.29) is 37.3 Å². The zero-order valence-corrected chi connectivity index (χ0v) is 24.3. The van der Waals surface area contributed by atoms with Crippen molar-refractivity contribution in [1.29, 1.82) is 0 Å². The third-order valence-electron chi connectivity index (χ3n) is 6.61. The average Bonchev–Trinajstić information content (AvgIpc) is 3.60. The molecule has 0 saturated heterocycles. The van der Waals surface area contributed by atoms with Crippen LogP contribution in [-0.2, 0) is 49.6 Å². The number of allylic oxidation sites excluding steroid dienone is 1. The van der Waals surface area contributed by atoms with Crippen molar-refractivity contribution >= 4 is 24.8 Å². The van der Waals surface area contributed by atoms with Crippen LogP contribution in [0.25, 0.3) is 0 Å². The van der Waals surface area contributed by atoms with Crippen molar-refractivity contribution in [3.63, 3.8) is 0 Å². The number of benzene rings is 2. The highest BCUT2D eigenvalue weighted by Crippen LogP contribution is 2.37. The van der Waals surface area contributed by atoms with Gasteiger partial charge in [-0.3, -0.25) is 4.79 Å². The van der Waals surface area contributed by atoms with Crippen molar-refractivity contribution in [2.24, 2.45) is 17.8 Å². The first-order chi connectivity index (χ1) is 19.6. The summed E-state index contributed by atoms with van der Waals surface area (Å²) in [4.78, 5) is 43.4. The number of hydrogen-bond donors (Lipinski definition) is 0. The average molecular weight is 567 g/mol. The van der Waals surface area contributed by atoms with Gasteiger partial charge < -0.3 is 38.1 Å². The predicted molar refractivity (Wildman–Crippen MR) is 151 cm³/mol. The Bertz CT molecular complexity index is 1240. The van der Waals surface area contributed by atoms with Crippen molar-refractivity contribution in [1.82, 2.24) is 0 Å². The highest BCUT2D eigenvalue weighted by molar-refractivity contribution is 5.66. The summed E-state index contributed by atoms with van der Waals surface area (Å²) in [7, 11) is 0. The predicted octanol–water partition coefficient (Wildman–Crippen LogP) is 4.97. The molecule has 0 bridgehead atoms. The summed E-state index contributed by atoms with van der Waals surface area (Å²) in [6, 6.07) is 7.71. The summed E-state index contributed by atoms with van der Waals surface area (Å²) in [5.74, 6) is 2.33. The minimum atomic E-state index is -0.347. The monoisotopic (exact) mass is 566 g/mol. The molecule has 0 saturated carbocycles. The van der Waals surface area contributed by atoms with E-state index < -0.39 is 0 Å². The fourth-order valence-electron chi connectivity index (χ4n) is 4.50. The van der Waals surface area contributed by atoms with Crippen LogP contribution in [-0.4, -0.2) is 38.4 Å². The Labute approximate surface area is 240 Å². The van der Waals surface area contributed by atoms with Crippen LogP contribution in [0.4, 0.5) is 0 Å². The van der Waals surface area contributed by atoms with Crippen molar-refractivity contribution < 1.29 is 42.9 Å². The Kier molecular flexibility index (Phi) is 11.5. The van der Waals surface area contributed by atoms with E-state index in [1.165, 1.54) is 13.2 Å². The molecule has 9 heteroatoms. The molecule has 41 heavy (non-hydrogen) atoms. The largest absolute Gasteiger partial charge is 0.454 e. The zero-order valence-electron chi connectivity index (χ0n) is 24.3. The van der Waals surface area contributed by atoms with Crippen LogP contribution in [0.5, 0.6) is 23.0 Å². The molecule has 0 spiro atoms. The number of esters is 1. The second kappa shape index (κ2) is 15.0. The Morgan fingerprint density at radius 1 is 0.683 bits per heavy atom. The first-order valence-corrected chi connectivity index (χ1v) is 13.6. The second-order valence-corrected chi connectivity index (χ2v) is 10.7. The van der Waals surface area contributed by atoms with E-state index in [9.17, 15) is 19.2 Å². The van der Waals surface area contributed by atoms with Crippen LogP contribution < -0.4 is 18.9 Å². The van der Waals surface area contributed by atoms with E-state index in [4.69, 9.17) is 23.7 Å². The van der Waals surface area contributed by atoms with Crippen LogP contribution in [0.2, 0.25) is 0 Å². The minimum Gasteiger partial charge on any atom is -0.454 e. The molecule has 0 fully saturated rings. The zero-order chi connectivity index (χ0) is 29.9. The molecule has 4 rings (SSSR count). The fraction of sp³-hybridized carbons (Fsp3) is 0.438. The molecule has 3 unspecified atom stereocenters. The van der Waals surface area contributed by atoms with Gasteiger partial charge in [0.1, 0.15) is 18.9 Å². The van der Waals surface area contributed by atoms with Gasteiger partial charge in [0.25, 0.3) is 0 Å². The van der Waals surface area contributed by atoms with Gasteiger partial charge in [-0.25, -0.2) is 0 Å². The minimum absolute atomic E-state index is 0.0503. The lowest BCUT2D eigenvalue weighted by molar-refractivity contribution is -0.135. The molecule has 0 aliphatic carbocycles. The van der Waals surface area contributed by atoms with Gasteiger partial charge in [0.15, 0.2) is 23.0 Å². The second-order valence-electron chi connectivity index (χ2n) is 10.7. The van der Waals surface area contributed by atoms with Gasteiger partial charge >= 0.3 is 5.97 Å². The third kappa shape index (κ3) is 9.20. The van der Waals surface area contributed by atoms with E-state index in [1.54, 1.807) is 0 Å². The summed E-state index contributed by atoms with van der Waals surface area (Å²) in [5.41, 5.74) is 5.10. The van der Waals surface area contributed by atoms with Gasteiger partial charge in [0, 0.05) is 24.7 Å². The molecule has 2 heterocycles. The molecule has 220 valence electrons. The van der Waals surface area contributed by atoms with Gasteiger partial charge in [0.05, 0.1) is 6.26 Å². The van der Waals surface area contributed by atoms with Gasteiger partial charge in [-0.15, -0.1) is 0 Å². The summed E-state index contributed by atoms with van der Waals surface area (Å²) >= 11 is 0. The number of ether oxygens (including phenoxy) is 5. The molecule has 9 nitrogen and oxygen atoms in total. The quantitative estimate of drug-likeness (QED) is 0.199. The molecule has 0 radical (unpaired) electrons. The Hall–Kier alpha value is -4.14. The molecule has 2 aliphatic rings. The number of carbonyl (C=O) groups excluding carboxylic acids is 4. The van der Waals surface area contributed by atoms with Crippen LogP contribution >= 0.6 is 0 Å². The maximum absolute atomic E-state index is 10.9. The highest BCUT2D eigenvalue weighted by Gasteiger charge is 2.20. The van der Waals surface area contributed by atoms with E-state index in [1.807, 2.05) is 52.0 Å². The molecule has 0 N–H and O–H groups in total. The maximum Gasteiger partial charge on any atom is 0.307 e. The summed E-state index contributed by atoms with van der Waals surface area (Å²) in [5, 5.41) is 0. The van der Waals surface area contributed by atoms with Gasteiger partial charge in [-0.05, 0) is 84.7 Å². The molecule has 2 aromatic carbocycles. The van der Waals surface area contributed by atoms with Crippen LogP contribution in [0.15, 0.2) is 36.1 Å². The smallest absolute Gasteiger partial charge is 0.307 e. The van der Waals surface area contributed by atoms with Crippen molar-refractivity contribution in [2.75, 3.05) is 13.6 Å². The number of fused-ring (bicyclic) bond motifs is 2. The fourth-order valence-corrected chi connectivity index (χ4v) is 4.50. The summed E-state index contributed by atoms with van der Waals surface area (Å²) in [6.45, 7) is 9.33. The van der Waals surface area contributed by atoms with Crippen molar-refractivity contribution in [2.45, 2.75) is 60.3 Å². The molecular weight excluding hydrogens is 528 g/mol. The highest BCUT2D eigenvalue weighted by atomic mass is 16.7. The van der Waals surface area contributed by atoms with Gasteiger partial charge in [-0.1, -0.05) is 20.8 Å². The lowest BCUT2D eigenvalue weighted by Gasteiger charge is -2.13. The van der Waals surface area contributed by atoms with Crippen molar-refractivity contribution in [3.05, 3.63) is 58.4 Å². The molecule has 2 aromatic rings. The van der Waals surface area contributed by atoms with E-state index in [0.717, 1.165) is 58.2 Å². The summed E-state index contributed by atoms with van der Waals surface area (Å²) < 4.78 is 26.4. The third-order valence-corrected chi connectivity index (χ3v) is 6.61. The Balaban J connectivity index is 0.000000228. The van der Waals surface area contributed by atoms with E-state index in [2.05, 4.69) is 0 Å². The molecular formula is C32H38O9. The molecule has 0 amide bonds. The molecule has 0 aromatic heterocycles.